The molecular weight excluding hydrogens is 258 g/mol. The first-order valence-corrected chi connectivity index (χ1v) is 6.82. The molecule has 0 saturated heterocycles. The molecule has 0 aromatic rings. The predicted molar refractivity (Wildman–Crippen MR) is 67.8 cm³/mol. The minimum atomic E-state index is 0.793. The van der Waals surface area contributed by atoms with Gasteiger partial charge < -0.3 is 14.4 Å². The number of likely N-dealkylation sites (N-methyl/N-ethyl adjacent to an activating group) is 1. The van der Waals surface area contributed by atoms with E-state index in [2.05, 4.69) is 27.8 Å². The summed E-state index contributed by atoms with van der Waals surface area (Å²) in [5.74, 6) is 0. The average Bonchev–Trinajstić information content (AvgIpc) is 2.27. The van der Waals surface area contributed by atoms with Crippen LogP contribution in [-0.4, -0.2) is 56.8 Å². The summed E-state index contributed by atoms with van der Waals surface area (Å²) in [5.41, 5.74) is 0. The van der Waals surface area contributed by atoms with Gasteiger partial charge >= 0.3 is 0 Å². The molecule has 0 aliphatic rings. The maximum absolute atomic E-state index is 5.51. The van der Waals surface area contributed by atoms with Crippen molar-refractivity contribution in [2.45, 2.75) is 19.8 Å². The molecule has 15 heavy (non-hydrogen) atoms. The Balaban J connectivity index is 3.22. The summed E-state index contributed by atoms with van der Waals surface area (Å²) in [6.07, 6.45) is 2.20. The highest BCUT2D eigenvalue weighted by Crippen LogP contribution is 1.95. The smallest absolute Gasteiger partial charge is 0.0593 e. The fourth-order valence-corrected chi connectivity index (χ4v) is 1.56. The van der Waals surface area contributed by atoms with Crippen LogP contribution < -0.4 is 0 Å². The van der Waals surface area contributed by atoms with Crippen molar-refractivity contribution in [3.8, 4) is 0 Å². The molecule has 0 aromatic heterocycles. The molecule has 0 fully saturated rings. The molecule has 0 amide bonds. The fraction of sp³-hybridized carbons (Fsp3) is 1.00. The molecule has 0 N–H and O–H groups in total. The van der Waals surface area contributed by atoms with Crippen molar-refractivity contribution in [3.05, 3.63) is 0 Å². The van der Waals surface area contributed by atoms with E-state index in [0.29, 0.717) is 0 Å². The molecule has 0 saturated carbocycles. The average molecular weight is 282 g/mol. The Labute approximate surface area is 102 Å². The van der Waals surface area contributed by atoms with Gasteiger partial charge in [0.2, 0.25) is 0 Å². The topological polar surface area (TPSA) is 21.7 Å². The Morgan fingerprint density at radius 3 is 2.47 bits per heavy atom. The van der Waals surface area contributed by atoms with Crippen LogP contribution in [0.15, 0.2) is 0 Å². The molecule has 0 bridgehead atoms. The highest BCUT2D eigenvalue weighted by Gasteiger charge is 2.00. The van der Waals surface area contributed by atoms with Crippen LogP contribution in [0.2, 0.25) is 0 Å². The van der Waals surface area contributed by atoms with Gasteiger partial charge in [-0.3, -0.25) is 0 Å². The zero-order chi connectivity index (χ0) is 11.4. The van der Waals surface area contributed by atoms with Gasteiger partial charge in [-0.25, -0.2) is 0 Å². The van der Waals surface area contributed by atoms with Crippen LogP contribution in [0.3, 0.4) is 0 Å². The third-order valence-electron chi connectivity index (χ3n) is 2.24. The number of ether oxygens (including phenoxy) is 2. The largest absolute Gasteiger partial charge is 0.385 e. The summed E-state index contributed by atoms with van der Waals surface area (Å²) in [4.78, 5) is 2.41. The van der Waals surface area contributed by atoms with Crippen molar-refractivity contribution in [3.63, 3.8) is 0 Å². The predicted octanol–water partition coefficient (Wildman–Crippen LogP) is 2.15. The zero-order valence-electron chi connectivity index (χ0n) is 10.0. The quantitative estimate of drug-likeness (QED) is 0.428. The minimum Gasteiger partial charge on any atom is -0.385 e. The number of methoxy groups -OCH3 is 1. The van der Waals surface area contributed by atoms with Gasteiger partial charge in [-0.2, -0.15) is 0 Å². The Kier molecular flexibility index (Phi) is 12.7. The van der Waals surface area contributed by atoms with Gasteiger partial charge in [0.15, 0.2) is 0 Å². The Morgan fingerprint density at radius 2 is 1.87 bits per heavy atom. The maximum Gasteiger partial charge on any atom is 0.0593 e. The molecule has 0 radical (unpaired) electrons. The Bertz CT molecular complexity index is 125. The Morgan fingerprint density at radius 1 is 1.07 bits per heavy atom. The highest BCUT2D eigenvalue weighted by atomic mass is 79.9. The summed E-state index contributed by atoms with van der Waals surface area (Å²) in [5, 5.41) is 1.08. The second kappa shape index (κ2) is 12.4. The van der Waals surface area contributed by atoms with Crippen LogP contribution in [0.25, 0.3) is 0 Å². The van der Waals surface area contributed by atoms with Gasteiger partial charge in [-0.15, -0.1) is 0 Å². The molecule has 0 aromatic carbocycles. The first-order valence-electron chi connectivity index (χ1n) is 5.70. The molecule has 4 heteroatoms. The van der Waals surface area contributed by atoms with Gasteiger partial charge in [-0.05, 0) is 25.9 Å². The van der Waals surface area contributed by atoms with Gasteiger partial charge in [0.25, 0.3) is 0 Å². The number of nitrogens with zero attached hydrogens (tertiary/aromatic N) is 1. The van der Waals surface area contributed by atoms with Gasteiger partial charge in [0.1, 0.15) is 0 Å². The van der Waals surface area contributed by atoms with Crippen molar-refractivity contribution in [1.29, 1.82) is 0 Å². The van der Waals surface area contributed by atoms with Crippen molar-refractivity contribution >= 4 is 15.9 Å². The molecule has 3 nitrogen and oxygen atoms in total. The number of hydrogen-bond donors (Lipinski definition) is 0. The van der Waals surface area contributed by atoms with Crippen LogP contribution in [0.4, 0.5) is 0 Å². The lowest BCUT2D eigenvalue weighted by atomic mass is 10.4. The van der Waals surface area contributed by atoms with Crippen LogP contribution in [-0.2, 0) is 9.47 Å². The van der Waals surface area contributed by atoms with E-state index in [4.69, 9.17) is 9.47 Å². The monoisotopic (exact) mass is 281 g/mol. The van der Waals surface area contributed by atoms with Crippen LogP contribution >= 0.6 is 15.9 Å². The first kappa shape index (κ1) is 15.4. The van der Waals surface area contributed by atoms with Crippen molar-refractivity contribution in [2.24, 2.45) is 0 Å². The summed E-state index contributed by atoms with van der Waals surface area (Å²) in [7, 11) is 1.72. The molecule has 0 unspecified atom stereocenters. The first-order chi connectivity index (χ1) is 7.35. The normalized spacial score (nSPS) is 11.2. The second-order valence-corrected chi connectivity index (χ2v) is 4.23. The van der Waals surface area contributed by atoms with E-state index in [-0.39, 0.29) is 0 Å². The van der Waals surface area contributed by atoms with E-state index >= 15 is 0 Å². The van der Waals surface area contributed by atoms with E-state index in [1.807, 2.05) is 0 Å². The lowest BCUT2D eigenvalue weighted by Crippen LogP contribution is -2.28. The van der Waals surface area contributed by atoms with Gasteiger partial charge in [0, 0.05) is 32.2 Å². The molecule has 0 spiro atoms. The van der Waals surface area contributed by atoms with E-state index in [9.17, 15) is 0 Å². The summed E-state index contributed by atoms with van der Waals surface area (Å²) in [6, 6.07) is 0. The molecule has 0 rings (SSSR count). The van der Waals surface area contributed by atoms with E-state index in [1.54, 1.807) is 7.11 Å². The number of halogens is 1. The maximum atomic E-state index is 5.51. The molecule has 0 atom stereocenters. The molecule has 0 aliphatic heterocycles. The van der Waals surface area contributed by atoms with E-state index in [1.165, 1.54) is 6.42 Å². The summed E-state index contributed by atoms with van der Waals surface area (Å²) >= 11 is 3.45. The third kappa shape index (κ3) is 10.6. The summed E-state index contributed by atoms with van der Waals surface area (Å²) < 4.78 is 10.5. The molecule has 0 aliphatic carbocycles. The zero-order valence-corrected chi connectivity index (χ0v) is 11.6. The molecule has 0 heterocycles. The molecule has 92 valence electrons. The lowest BCUT2D eigenvalue weighted by Gasteiger charge is -2.19. The van der Waals surface area contributed by atoms with Gasteiger partial charge in [0.05, 0.1) is 6.61 Å². The van der Waals surface area contributed by atoms with Crippen molar-refractivity contribution < 1.29 is 9.47 Å². The van der Waals surface area contributed by atoms with Gasteiger partial charge in [-0.1, -0.05) is 22.9 Å². The highest BCUT2D eigenvalue weighted by molar-refractivity contribution is 9.09. The van der Waals surface area contributed by atoms with Crippen LogP contribution in [0.5, 0.6) is 0 Å². The number of rotatable bonds is 11. The minimum absolute atomic E-state index is 0.793. The van der Waals surface area contributed by atoms with Crippen LogP contribution in [0, 0.1) is 0 Å². The number of alkyl halides is 1. The SMILES string of the molecule is CCN(CCCBr)CCOCCCOC. The fourth-order valence-electron chi connectivity index (χ4n) is 1.31. The van der Waals surface area contributed by atoms with Crippen molar-refractivity contribution in [1.82, 2.24) is 4.90 Å². The lowest BCUT2D eigenvalue weighted by molar-refractivity contribution is 0.0849. The second-order valence-electron chi connectivity index (χ2n) is 3.44. The summed E-state index contributed by atoms with van der Waals surface area (Å²) in [6.45, 7) is 7.93. The molecular formula is C11H24BrNO2. The van der Waals surface area contributed by atoms with E-state index in [0.717, 1.165) is 51.2 Å². The third-order valence-corrected chi connectivity index (χ3v) is 2.80. The standard InChI is InChI=1S/C11H24BrNO2/c1-3-13(7-4-6-12)8-11-15-10-5-9-14-2/h3-11H2,1-2H3. The Hall–Kier alpha value is 0.360. The van der Waals surface area contributed by atoms with Crippen molar-refractivity contribution in [2.75, 3.05) is 51.9 Å². The van der Waals surface area contributed by atoms with Crippen LogP contribution in [0.1, 0.15) is 19.8 Å². The van der Waals surface area contributed by atoms with E-state index < -0.39 is 0 Å². The number of hydrogen-bond acceptors (Lipinski definition) is 3.